The highest BCUT2D eigenvalue weighted by molar-refractivity contribution is 7.14. The number of thiazole rings is 1. The summed E-state index contributed by atoms with van der Waals surface area (Å²) >= 11 is 1.41. The molecule has 2 heterocycles. The van der Waals surface area contributed by atoms with Gasteiger partial charge in [-0.15, -0.1) is 11.3 Å². The molecule has 2 aromatic heterocycles. The molecule has 2 N–H and O–H groups in total. The van der Waals surface area contributed by atoms with Crippen LogP contribution in [-0.4, -0.2) is 29.9 Å². The lowest BCUT2D eigenvalue weighted by molar-refractivity contribution is 0.0911. The van der Waals surface area contributed by atoms with E-state index in [4.69, 9.17) is 4.42 Å². The largest absolute Gasteiger partial charge is 0.459 e. The zero-order valence-electron chi connectivity index (χ0n) is 13.7. The summed E-state index contributed by atoms with van der Waals surface area (Å²) in [7, 11) is 0. The van der Waals surface area contributed by atoms with Gasteiger partial charge in [0.25, 0.3) is 11.8 Å². The fraction of sp³-hybridized carbons (Fsp3) is 0.438. The number of hydrogen-bond donors (Lipinski definition) is 2. The van der Waals surface area contributed by atoms with Crippen LogP contribution in [0.25, 0.3) is 0 Å². The van der Waals surface area contributed by atoms with Gasteiger partial charge in [-0.1, -0.05) is 20.8 Å². The Morgan fingerprint density at radius 3 is 2.39 bits per heavy atom. The van der Waals surface area contributed by atoms with Crippen molar-refractivity contribution in [2.75, 3.05) is 13.1 Å². The number of nitrogens with one attached hydrogen (secondary N) is 2. The van der Waals surface area contributed by atoms with E-state index >= 15 is 0 Å². The number of carbonyl (C=O) groups is 2. The van der Waals surface area contributed by atoms with Crippen LogP contribution in [0.5, 0.6) is 0 Å². The first kappa shape index (κ1) is 17.2. The molecule has 6 nitrogen and oxygen atoms in total. The van der Waals surface area contributed by atoms with Gasteiger partial charge < -0.3 is 15.1 Å². The summed E-state index contributed by atoms with van der Waals surface area (Å²) in [5.41, 5.74) is 0.655. The summed E-state index contributed by atoms with van der Waals surface area (Å²) in [6, 6.07) is 3.23. The van der Waals surface area contributed by atoms with Gasteiger partial charge in [-0.3, -0.25) is 9.59 Å². The molecule has 0 bridgehead atoms. The normalized spacial score (nSPS) is 11.3. The number of carbonyl (C=O) groups excluding carboxylic acids is 2. The number of furan rings is 1. The van der Waals surface area contributed by atoms with Crippen LogP contribution in [0, 0.1) is 6.92 Å². The molecule has 0 aliphatic rings. The molecular formula is C16H21N3O3S. The highest BCUT2D eigenvalue weighted by Gasteiger charge is 2.22. The third-order valence-electron chi connectivity index (χ3n) is 3.09. The van der Waals surface area contributed by atoms with E-state index in [2.05, 4.69) is 36.4 Å². The number of aryl methyl sites for hydroxylation is 1. The zero-order chi connectivity index (χ0) is 17.0. The smallest absolute Gasteiger partial charge is 0.287 e. The standard InChI is InChI=1S/C16H21N3O3S/c1-10-12(23-15(19-10)16(2,3)4)14(21)18-8-7-17-13(20)11-6-5-9-22-11/h5-6,9H,7-8H2,1-4H3,(H,17,20)(H,18,21). The Bertz CT molecular complexity index is 684. The van der Waals surface area contributed by atoms with E-state index in [0.717, 1.165) is 10.7 Å². The van der Waals surface area contributed by atoms with Gasteiger partial charge in [0.05, 0.1) is 17.0 Å². The minimum absolute atomic E-state index is 0.0784. The fourth-order valence-electron chi connectivity index (χ4n) is 1.86. The Balaban J connectivity index is 1.83. The van der Waals surface area contributed by atoms with E-state index in [1.807, 2.05) is 6.92 Å². The molecule has 7 heteroatoms. The lowest BCUT2D eigenvalue weighted by atomic mass is 9.98. The van der Waals surface area contributed by atoms with Gasteiger partial charge in [0.2, 0.25) is 0 Å². The molecule has 2 amide bonds. The van der Waals surface area contributed by atoms with E-state index < -0.39 is 0 Å². The number of hydrogen-bond acceptors (Lipinski definition) is 5. The summed E-state index contributed by atoms with van der Waals surface area (Å²) < 4.78 is 4.99. The van der Waals surface area contributed by atoms with Gasteiger partial charge >= 0.3 is 0 Å². The van der Waals surface area contributed by atoms with E-state index in [0.29, 0.717) is 18.0 Å². The Morgan fingerprint density at radius 1 is 1.22 bits per heavy atom. The van der Waals surface area contributed by atoms with Gasteiger partial charge in [0.1, 0.15) is 4.88 Å². The van der Waals surface area contributed by atoms with E-state index in [1.54, 1.807) is 12.1 Å². The maximum Gasteiger partial charge on any atom is 0.287 e. The first-order chi connectivity index (χ1) is 10.8. The van der Waals surface area contributed by atoms with E-state index in [9.17, 15) is 9.59 Å². The molecular weight excluding hydrogens is 314 g/mol. The number of aromatic nitrogens is 1. The van der Waals surface area contributed by atoms with E-state index in [1.165, 1.54) is 17.6 Å². The molecule has 124 valence electrons. The minimum Gasteiger partial charge on any atom is -0.459 e. The maximum atomic E-state index is 12.2. The number of rotatable bonds is 5. The SMILES string of the molecule is Cc1nc(C(C)(C)C)sc1C(=O)NCCNC(=O)c1ccco1. The summed E-state index contributed by atoms with van der Waals surface area (Å²) in [6.45, 7) is 8.70. The van der Waals surface area contributed by atoms with Crippen molar-refractivity contribution in [3.05, 3.63) is 39.7 Å². The third-order valence-corrected chi connectivity index (χ3v) is 4.67. The molecule has 0 radical (unpaired) electrons. The molecule has 0 atom stereocenters. The Kier molecular flexibility index (Phi) is 5.20. The number of amides is 2. The highest BCUT2D eigenvalue weighted by Crippen LogP contribution is 2.28. The predicted octanol–water partition coefficient (Wildman–Crippen LogP) is 2.50. The molecule has 0 saturated heterocycles. The minimum atomic E-state index is -0.298. The van der Waals surface area contributed by atoms with Crippen molar-refractivity contribution in [3.63, 3.8) is 0 Å². The Morgan fingerprint density at radius 2 is 1.87 bits per heavy atom. The zero-order valence-corrected chi connectivity index (χ0v) is 14.5. The average Bonchev–Trinajstić information content (AvgIpc) is 3.11. The molecule has 2 aromatic rings. The topological polar surface area (TPSA) is 84.2 Å². The fourth-order valence-corrected chi connectivity index (χ4v) is 2.90. The molecule has 0 aromatic carbocycles. The van der Waals surface area contributed by atoms with Gasteiger partial charge in [0.15, 0.2) is 5.76 Å². The van der Waals surface area contributed by atoms with Crippen molar-refractivity contribution < 1.29 is 14.0 Å². The van der Waals surface area contributed by atoms with Gasteiger partial charge in [-0.05, 0) is 19.1 Å². The van der Waals surface area contributed by atoms with Crippen molar-refractivity contribution in [1.82, 2.24) is 15.6 Å². The summed E-state index contributed by atoms with van der Waals surface area (Å²) in [5, 5.41) is 6.40. The lowest BCUT2D eigenvalue weighted by Gasteiger charge is -2.13. The van der Waals surface area contributed by atoms with Crippen LogP contribution >= 0.6 is 11.3 Å². The monoisotopic (exact) mass is 335 g/mol. The first-order valence-electron chi connectivity index (χ1n) is 7.37. The molecule has 23 heavy (non-hydrogen) atoms. The van der Waals surface area contributed by atoms with Crippen molar-refractivity contribution in [2.45, 2.75) is 33.1 Å². The molecule has 0 saturated carbocycles. The highest BCUT2D eigenvalue weighted by atomic mass is 32.1. The van der Waals surface area contributed by atoms with Crippen molar-refractivity contribution in [2.24, 2.45) is 0 Å². The molecule has 0 spiro atoms. The average molecular weight is 335 g/mol. The first-order valence-corrected chi connectivity index (χ1v) is 8.18. The summed E-state index contributed by atoms with van der Waals surface area (Å²) in [5.74, 6) is -0.208. The van der Waals surface area contributed by atoms with Crippen LogP contribution in [0.1, 0.15) is 51.7 Å². The van der Waals surface area contributed by atoms with Crippen molar-refractivity contribution >= 4 is 23.2 Å². The Labute approximate surface area is 139 Å². The maximum absolute atomic E-state index is 12.2. The van der Waals surface area contributed by atoms with Crippen molar-refractivity contribution in [1.29, 1.82) is 0 Å². The van der Waals surface area contributed by atoms with Gasteiger partial charge in [0, 0.05) is 18.5 Å². The molecule has 0 fully saturated rings. The molecule has 0 aliphatic heterocycles. The summed E-state index contributed by atoms with van der Waals surface area (Å²) in [6.07, 6.45) is 1.44. The quantitative estimate of drug-likeness (QED) is 0.822. The molecule has 0 unspecified atom stereocenters. The van der Waals surface area contributed by atoms with Gasteiger partial charge in [-0.2, -0.15) is 0 Å². The third kappa shape index (κ3) is 4.41. The lowest BCUT2D eigenvalue weighted by Crippen LogP contribution is -2.34. The predicted molar refractivity (Wildman–Crippen MR) is 88.9 cm³/mol. The second kappa shape index (κ2) is 6.95. The molecule has 0 aliphatic carbocycles. The van der Waals surface area contributed by atoms with Crippen LogP contribution in [0.4, 0.5) is 0 Å². The second-order valence-corrected chi connectivity index (χ2v) is 7.17. The van der Waals surface area contributed by atoms with Crippen LogP contribution < -0.4 is 10.6 Å². The van der Waals surface area contributed by atoms with Crippen LogP contribution in [0.3, 0.4) is 0 Å². The Hall–Kier alpha value is -2.15. The summed E-state index contributed by atoms with van der Waals surface area (Å²) in [4.78, 5) is 29.0. The van der Waals surface area contributed by atoms with Crippen LogP contribution in [0.15, 0.2) is 22.8 Å². The van der Waals surface area contributed by atoms with Gasteiger partial charge in [-0.25, -0.2) is 4.98 Å². The van der Waals surface area contributed by atoms with Crippen molar-refractivity contribution in [3.8, 4) is 0 Å². The van der Waals surface area contributed by atoms with E-state index in [-0.39, 0.29) is 23.0 Å². The van der Waals surface area contributed by atoms with Crippen LogP contribution in [0.2, 0.25) is 0 Å². The molecule has 2 rings (SSSR count). The second-order valence-electron chi connectivity index (χ2n) is 6.17. The van der Waals surface area contributed by atoms with Crippen LogP contribution in [-0.2, 0) is 5.41 Å². The number of nitrogens with zero attached hydrogens (tertiary/aromatic N) is 1.